The number of nitrogens with zero attached hydrogens (tertiary/aromatic N) is 1. The molecule has 102 valence electrons. The van der Waals surface area contributed by atoms with Crippen LogP contribution in [0.4, 0.5) is 0 Å². The zero-order valence-electron chi connectivity index (χ0n) is 11.2. The Morgan fingerprint density at radius 1 is 1.11 bits per heavy atom. The Balaban J connectivity index is 2.04. The van der Waals surface area contributed by atoms with E-state index in [2.05, 4.69) is 17.1 Å². The molecule has 0 aromatic heterocycles. The Labute approximate surface area is 110 Å². The summed E-state index contributed by atoms with van der Waals surface area (Å²) in [6.07, 6.45) is 15.5. The zero-order chi connectivity index (χ0) is 12.8. The zero-order valence-corrected chi connectivity index (χ0v) is 11.2. The first-order valence-electron chi connectivity index (χ1n) is 7.41. The Hall–Kier alpha value is -0.830. The van der Waals surface area contributed by atoms with Gasteiger partial charge in [-0.25, -0.2) is 0 Å². The van der Waals surface area contributed by atoms with Gasteiger partial charge in [0.05, 0.1) is 6.54 Å². The number of hydrogen-bond donors (Lipinski definition) is 1. The molecule has 3 heteroatoms. The van der Waals surface area contributed by atoms with E-state index in [0.29, 0.717) is 12.1 Å². The summed E-state index contributed by atoms with van der Waals surface area (Å²) in [6.45, 7) is 0.208. The molecule has 0 heterocycles. The van der Waals surface area contributed by atoms with Crippen molar-refractivity contribution in [2.24, 2.45) is 0 Å². The fourth-order valence-corrected chi connectivity index (χ4v) is 3.33. The van der Waals surface area contributed by atoms with Crippen molar-refractivity contribution in [3.8, 4) is 0 Å². The quantitative estimate of drug-likeness (QED) is 0.780. The highest BCUT2D eigenvalue weighted by Gasteiger charge is 2.28. The third-order valence-corrected chi connectivity index (χ3v) is 4.27. The van der Waals surface area contributed by atoms with Gasteiger partial charge in [0.15, 0.2) is 0 Å². The van der Waals surface area contributed by atoms with Gasteiger partial charge in [-0.05, 0) is 32.1 Å². The fourth-order valence-electron chi connectivity index (χ4n) is 3.33. The van der Waals surface area contributed by atoms with Gasteiger partial charge in [0.1, 0.15) is 0 Å². The lowest BCUT2D eigenvalue weighted by molar-refractivity contribution is -0.139. The molecular formula is C15H25NO2. The first kappa shape index (κ1) is 13.6. The number of allylic oxidation sites excluding steroid dienone is 1. The molecule has 0 aliphatic heterocycles. The van der Waals surface area contributed by atoms with Crippen molar-refractivity contribution in [2.75, 3.05) is 6.54 Å². The molecule has 0 aromatic rings. The van der Waals surface area contributed by atoms with Gasteiger partial charge in [0.2, 0.25) is 0 Å². The van der Waals surface area contributed by atoms with Crippen molar-refractivity contribution in [2.45, 2.75) is 69.9 Å². The van der Waals surface area contributed by atoms with E-state index >= 15 is 0 Å². The van der Waals surface area contributed by atoms with Crippen molar-refractivity contribution >= 4 is 5.97 Å². The molecule has 0 spiro atoms. The SMILES string of the molecule is O=C(O)CN(C1/C=C/CCCCC1)C1CCCC1. The van der Waals surface area contributed by atoms with E-state index in [1.54, 1.807) is 0 Å². The van der Waals surface area contributed by atoms with Gasteiger partial charge in [-0.3, -0.25) is 9.69 Å². The predicted molar refractivity (Wildman–Crippen MR) is 72.6 cm³/mol. The number of hydrogen-bond acceptors (Lipinski definition) is 2. The second-order valence-electron chi connectivity index (χ2n) is 5.64. The van der Waals surface area contributed by atoms with E-state index in [-0.39, 0.29) is 6.54 Å². The third kappa shape index (κ3) is 3.84. The smallest absolute Gasteiger partial charge is 0.317 e. The molecular weight excluding hydrogens is 226 g/mol. The molecule has 18 heavy (non-hydrogen) atoms. The summed E-state index contributed by atoms with van der Waals surface area (Å²) < 4.78 is 0. The Morgan fingerprint density at radius 2 is 1.83 bits per heavy atom. The Morgan fingerprint density at radius 3 is 2.56 bits per heavy atom. The largest absolute Gasteiger partial charge is 0.480 e. The molecule has 2 rings (SSSR count). The molecule has 2 aliphatic rings. The van der Waals surface area contributed by atoms with Crippen molar-refractivity contribution < 1.29 is 9.90 Å². The minimum atomic E-state index is -0.683. The van der Waals surface area contributed by atoms with Crippen LogP contribution in [-0.2, 0) is 4.79 Å². The van der Waals surface area contributed by atoms with Crippen molar-refractivity contribution in [3.63, 3.8) is 0 Å². The Bertz CT molecular complexity index is 295. The summed E-state index contributed by atoms with van der Waals surface area (Å²) in [5.41, 5.74) is 0. The summed E-state index contributed by atoms with van der Waals surface area (Å²) in [6, 6.07) is 0.847. The van der Waals surface area contributed by atoms with E-state index in [9.17, 15) is 4.79 Å². The topological polar surface area (TPSA) is 40.5 Å². The second kappa shape index (κ2) is 6.93. The fraction of sp³-hybridized carbons (Fsp3) is 0.800. The summed E-state index contributed by atoms with van der Waals surface area (Å²) in [7, 11) is 0. The van der Waals surface area contributed by atoms with Crippen LogP contribution in [-0.4, -0.2) is 34.6 Å². The summed E-state index contributed by atoms with van der Waals surface area (Å²) in [4.78, 5) is 13.3. The molecule has 0 amide bonds. The first-order valence-corrected chi connectivity index (χ1v) is 7.41. The molecule has 0 aromatic carbocycles. The molecule has 3 nitrogen and oxygen atoms in total. The van der Waals surface area contributed by atoms with Gasteiger partial charge in [0.25, 0.3) is 0 Å². The number of carboxylic acids is 1. The normalized spacial score (nSPS) is 27.9. The summed E-state index contributed by atoms with van der Waals surface area (Å²) in [5.74, 6) is -0.683. The van der Waals surface area contributed by atoms with Gasteiger partial charge in [-0.1, -0.05) is 37.8 Å². The molecule has 1 unspecified atom stereocenters. The average Bonchev–Trinajstić information content (AvgIpc) is 2.79. The third-order valence-electron chi connectivity index (χ3n) is 4.27. The molecule has 1 N–H and O–H groups in total. The van der Waals surface area contributed by atoms with Gasteiger partial charge in [-0.15, -0.1) is 0 Å². The van der Waals surface area contributed by atoms with Gasteiger partial charge >= 0.3 is 5.97 Å². The standard InChI is InChI=1S/C15H25NO2/c17-15(18)12-16(14-10-6-7-11-14)13-8-4-2-1-3-5-9-13/h4,8,13-14H,1-3,5-7,9-12H2,(H,17,18)/b8-4+. The Kier molecular flexibility index (Phi) is 5.24. The van der Waals surface area contributed by atoms with Crippen LogP contribution in [0.5, 0.6) is 0 Å². The summed E-state index contributed by atoms with van der Waals surface area (Å²) >= 11 is 0. The van der Waals surface area contributed by atoms with E-state index in [1.807, 2.05) is 0 Å². The molecule has 1 atom stereocenters. The highest BCUT2D eigenvalue weighted by atomic mass is 16.4. The lowest BCUT2D eigenvalue weighted by Gasteiger charge is -2.34. The predicted octanol–water partition coefficient (Wildman–Crippen LogP) is 3.20. The van der Waals surface area contributed by atoms with Gasteiger partial charge < -0.3 is 5.11 Å². The van der Waals surface area contributed by atoms with Gasteiger partial charge in [-0.2, -0.15) is 0 Å². The molecule has 1 fully saturated rings. The maximum Gasteiger partial charge on any atom is 0.317 e. The van der Waals surface area contributed by atoms with Crippen LogP contribution < -0.4 is 0 Å². The van der Waals surface area contributed by atoms with Crippen LogP contribution >= 0.6 is 0 Å². The lowest BCUT2D eigenvalue weighted by atomic mass is 9.99. The van der Waals surface area contributed by atoms with Crippen LogP contribution in [0.3, 0.4) is 0 Å². The highest BCUT2D eigenvalue weighted by molar-refractivity contribution is 5.69. The summed E-state index contributed by atoms with van der Waals surface area (Å²) in [5, 5.41) is 9.13. The van der Waals surface area contributed by atoms with Crippen LogP contribution in [0, 0.1) is 0 Å². The second-order valence-corrected chi connectivity index (χ2v) is 5.64. The van der Waals surface area contributed by atoms with E-state index in [1.165, 1.54) is 44.9 Å². The molecule has 0 saturated heterocycles. The average molecular weight is 251 g/mol. The van der Waals surface area contributed by atoms with E-state index < -0.39 is 5.97 Å². The van der Waals surface area contributed by atoms with Crippen LogP contribution in [0.25, 0.3) is 0 Å². The molecule has 1 saturated carbocycles. The van der Waals surface area contributed by atoms with Crippen molar-refractivity contribution in [3.05, 3.63) is 12.2 Å². The van der Waals surface area contributed by atoms with Crippen LogP contribution in [0.2, 0.25) is 0 Å². The number of rotatable bonds is 4. The van der Waals surface area contributed by atoms with E-state index in [0.717, 1.165) is 12.8 Å². The molecule has 0 bridgehead atoms. The van der Waals surface area contributed by atoms with Gasteiger partial charge in [0, 0.05) is 12.1 Å². The highest BCUT2D eigenvalue weighted by Crippen LogP contribution is 2.27. The first-order chi connectivity index (χ1) is 8.77. The minimum Gasteiger partial charge on any atom is -0.480 e. The van der Waals surface area contributed by atoms with E-state index in [4.69, 9.17) is 5.11 Å². The number of carboxylic acid groups (broad SMARTS) is 1. The maximum atomic E-state index is 11.1. The number of aliphatic carboxylic acids is 1. The lowest BCUT2D eigenvalue weighted by Crippen LogP contribution is -2.44. The van der Waals surface area contributed by atoms with Crippen molar-refractivity contribution in [1.29, 1.82) is 0 Å². The molecule has 2 aliphatic carbocycles. The minimum absolute atomic E-state index is 0.208. The van der Waals surface area contributed by atoms with Crippen LogP contribution in [0.1, 0.15) is 57.8 Å². The maximum absolute atomic E-state index is 11.1. The van der Waals surface area contributed by atoms with Crippen LogP contribution in [0.15, 0.2) is 12.2 Å². The monoisotopic (exact) mass is 251 g/mol. The molecule has 0 radical (unpaired) electrons. The van der Waals surface area contributed by atoms with Crippen molar-refractivity contribution in [1.82, 2.24) is 4.90 Å². The number of carbonyl (C=O) groups is 1.